The number of benzene rings is 1. The van der Waals surface area contributed by atoms with Crippen LogP contribution in [0.25, 0.3) is 0 Å². The lowest BCUT2D eigenvalue weighted by molar-refractivity contribution is -0.160. The molecular weight excluding hydrogens is 286 g/mol. The van der Waals surface area contributed by atoms with Crippen molar-refractivity contribution in [3.8, 4) is 0 Å². The number of hydrogen-bond donors (Lipinski definition) is 1. The van der Waals surface area contributed by atoms with Crippen LogP contribution in [0.15, 0.2) is 30.3 Å². The quantitative estimate of drug-likeness (QED) is 0.921. The average Bonchev–Trinajstić information content (AvgIpc) is 2.93. The van der Waals surface area contributed by atoms with E-state index in [1.165, 1.54) is 0 Å². The summed E-state index contributed by atoms with van der Waals surface area (Å²) in [6, 6.07) is 8.98. The lowest BCUT2D eigenvalue weighted by Gasteiger charge is -2.21. The van der Waals surface area contributed by atoms with Crippen molar-refractivity contribution >= 4 is 11.9 Å². The van der Waals surface area contributed by atoms with Gasteiger partial charge < -0.3 is 19.5 Å². The number of rotatable bonds is 3. The number of nitrogens with one attached hydrogen (secondary N) is 1. The van der Waals surface area contributed by atoms with E-state index in [-0.39, 0.29) is 18.8 Å². The molecule has 2 fully saturated rings. The van der Waals surface area contributed by atoms with E-state index in [1.807, 2.05) is 30.3 Å². The molecule has 1 amide bonds. The van der Waals surface area contributed by atoms with Gasteiger partial charge in [0.2, 0.25) is 0 Å². The number of ether oxygens (including phenoxy) is 3. The standard InChI is InChI=1S/C16H19NO5/c1-16(2)21-13-11(8-12(18)14(13)22-16)17-15(19)20-9-10-6-4-3-5-7-10/h3-7,11,13-14H,8-9H2,1-2H3,(H,17,19)/t11-,13+,14?/m1/s1. The van der Waals surface area contributed by atoms with Crippen molar-refractivity contribution in [2.24, 2.45) is 0 Å². The Balaban J connectivity index is 1.55. The number of carbonyl (C=O) groups is 2. The summed E-state index contributed by atoms with van der Waals surface area (Å²) in [5.41, 5.74) is 0.902. The van der Waals surface area contributed by atoms with Gasteiger partial charge in [0.15, 0.2) is 11.6 Å². The third-order valence-electron chi connectivity index (χ3n) is 3.78. The van der Waals surface area contributed by atoms with Crippen molar-refractivity contribution in [3.05, 3.63) is 35.9 Å². The van der Waals surface area contributed by atoms with Crippen molar-refractivity contribution < 1.29 is 23.8 Å². The van der Waals surface area contributed by atoms with Crippen molar-refractivity contribution in [3.63, 3.8) is 0 Å². The minimum absolute atomic E-state index is 0.0519. The number of Topliss-reactive ketones (excluding diaryl/α,β-unsaturated/α-hetero) is 1. The van der Waals surface area contributed by atoms with E-state index in [0.29, 0.717) is 0 Å². The molecular formula is C16H19NO5. The highest BCUT2D eigenvalue weighted by molar-refractivity contribution is 5.88. The molecule has 6 nitrogen and oxygen atoms in total. The van der Waals surface area contributed by atoms with Gasteiger partial charge in [0, 0.05) is 6.42 Å². The summed E-state index contributed by atoms with van der Waals surface area (Å²) in [5.74, 6) is -0.858. The molecule has 1 saturated carbocycles. The molecule has 22 heavy (non-hydrogen) atoms. The number of amides is 1. The molecule has 1 aromatic rings. The molecule has 3 atom stereocenters. The van der Waals surface area contributed by atoms with Crippen LogP contribution in [0.3, 0.4) is 0 Å². The predicted octanol–water partition coefficient (Wildman–Crippen LogP) is 1.77. The van der Waals surface area contributed by atoms with Gasteiger partial charge in [0.05, 0.1) is 6.04 Å². The Morgan fingerprint density at radius 3 is 2.77 bits per heavy atom. The second kappa shape index (κ2) is 5.70. The topological polar surface area (TPSA) is 73.9 Å². The third kappa shape index (κ3) is 3.13. The zero-order chi connectivity index (χ0) is 15.7. The zero-order valence-corrected chi connectivity index (χ0v) is 12.6. The van der Waals surface area contributed by atoms with E-state index in [1.54, 1.807) is 13.8 Å². The minimum Gasteiger partial charge on any atom is -0.445 e. The summed E-state index contributed by atoms with van der Waals surface area (Å²) in [6.45, 7) is 3.69. The predicted molar refractivity (Wildman–Crippen MR) is 77.0 cm³/mol. The Labute approximate surface area is 128 Å². The summed E-state index contributed by atoms with van der Waals surface area (Å²) in [4.78, 5) is 23.8. The number of hydrogen-bond acceptors (Lipinski definition) is 5. The Morgan fingerprint density at radius 1 is 1.32 bits per heavy atom. The maximum Gasteiger partial charge on any atom is 0.407 e. The van der Waals surface area contributed by atoms with Gasteiger partial charge in [-0.25, -0.2) is 4.79 Å². The number of carbonyl (C=O) groups excluding carboxylic acids is 2. The van der Waals surface area contributed by atoms with E-state index in [2.05, 4.69) is 5.32 Å². The van der Waals surface area contributed by atoms with Crippen LogP contribution in [0.5, 0.6) is 0 Å². The highest BCUT2D eigenvalue weighted by Gasteiger charge is 2.54. The second-order valence-corrected chi connectivity index (χ2v) is 6.00. The first kappa shape index (κ1) is 15.0. The fourth-order valence-corrected chi connectivity index (χ4v) is 2.83. The summed E-state index contributed by atoms with van der Waals surface area (Å²) in [7, 11) is 0. The van der Waals surface area contributed by atoms with Crippen molar-refractivity contribution in [1.29, 1.82) is 0 Å². The lowest BCUT2D eigenvalue weighted by Crippen LogP contribution is -2.43. The molecule has 0 aromatic heterocycles. The van der Waals surface area contributed by atoms with E-state index in [0.717, 1.165) is 5.56 Å². The van der Waals surface area contributed by atoms with Crippen molar-refractivity contribution in [2.45, 2.75) is 50.9 Å². The monoisotopic (exact) mass is 305 g/mol. The van der Waals surface area contributed by atoms with Crippen LogP contribution in [0.4, 0.5) is 4.79 Å². The van der Waals surface area contributed by atoms with Crippen LogP contribution in [0.2, 0.25) is 0 Å². The molecule has 2 aliphatic rings. The first-order valence-corrected chi connectivity index (χ1v) is 7.30. The van der Waals surface area contributed by atoms with Crippen molar-refractivity contribution in [1.82, 2.24) is 5.32 Å². The Kier molecular flexibility index (Phi) is 3.88. The van der Waals surface area contributed by atoms with Crippen LogP contribution < -0.4 is 5.32 Å². The maximum absolute atomic E-state index is 11.9. The molecule has 1 aliphatic heterocycles. The highest BCUT2D eigenvalue weighted by atomic mass is 16.8. The molecule has 1 aliphatic carbocycles. The van der Waals surface area contributed by atoms with Crippen LogP contribution >= 0.6 is 0 Å². The fraction of sp³-hybridized carbons (Fsp3) is 0.500. The lowest BCUT2D eigenvalue weighted by atomic mass is 10.2. The SMILES string of the molecule is CC1(C)OC2C(=O)C[C@@H](NC(=O)OCc3ccccc3)[C@@H]2O1. The molecule has 1 aromatic carbocycles. The van der Waals surface area contributed by atoms with Gasteiger partial charge in [-0.05, 0) is 19.4 Å². The van der Waals surface area contributed by atoms with E-state index in [9.17, 15) is 9.59 Å². The first-order chi connectivity index (χ1) is 10.4. The molecule has 1 saturated heterocycles. The molecule has 0 bridgehead atoms. The maximum atomic E-state index is 11.9. The van der Waals surface area contributed by atoms with Gasteiger partial charge in [-0.15, -0.1) is 0 Å². The molecule has 0 radical (unpaired) electrons. The first-order valence-electron chi connectivity index (χ1n) is 7.30. The third-order valence-corrected chi connectivity index (χ3v) is 3.78. The summed E-state index contributed by atoms with van der Waals surface area (Å²) in [5, 5.41) is 2.70. The van der Waals surface area contributed by atoms with Gasteiger partial charge in [0.25, 0.3) is 0 Å². The normalized spacial score (nSPS) is 29.2. The number of fused-ring (bicyclic) bond motifs is 1. The Bertz CT molecular complexity index is 571. The summed E-state index contributed by atoms with van der Waals surface area (Å²) >= 11 is 0. The molecule has 1 N–H and O–H groups in total. The van der Waals surface area contributed by atoms with E-state index < -0.39 is 30.1 Å². The van der Waals surface area contributed by atoms with Gasteiger partial charge in [0.1, 0.15) is 18.8 Å². The Hall–Kier alpha value is -1.92. The van der Waals surface area contributed by atoms with Gasteiger partial charge in [-0.2, -0.15) is 0 Å². The van der Waals surface area contributed by atoms with Crippen LogP contribution in [-0.4, -0.2) is 35.9 Å². The number of ketones is 1. The molecule has 3 rings (SSSR count). The second-order valence-electron chi connectivity index (χ2n) is 6.00. The molecule has 1 heterocycles. The summed E-state index contributed by atoms with van der Waals surface area (Å²) in [6.07, 6.45) is -1.41. The number of alkyl carbamates (subject to hydrolysis) is 1. The largest absolute Gasteiger partial charge is 0.445 e. The van der Waals surface area contributed by atoms with E-state index >= 15 is 0 Å². The molecule has 6 heteroatoms. The van der Waals surface area contributed by atoms with Gasteiger partial charge >= 0.3 is 6.09 Å². The highest BCUT2D eigenvalue weighted by Crippen LogP contribution is 2.36. The van der Waals surface area contributed by atoms with Crippen LogP contribution in [-0.2, 0) is 25.6 Å². The molecule has 1 unspecified atom stereocenters. The van der Waals surface area contributed by atoms with Gasteiger partial charge in [-0.3, -0.25) is 4.79 Å². The van der Waals surface area contributed by atoms with Crippen molar-refractivity contribution in [2.75, 3.05) is 0 Å². The Morgan fingerprint density at radius 2 is 2.05 bits per heavy atom. The average molecular weight is 305 g/mol. The smallest absolute Gasteiger partial charge is 0.407 e. The molecule has 0 spiro atoms. The molecule has 118 valence electrons. The van der Waals surface area contributed by atoms with E-state index in [4.69, 9.17) is 14.2 Å². The van der Waals surface area contributed by atoms with Crippen LogP contribution in [0.1, 0.15) is 25.8 Å². The fourth-order valence-electron chi connectivity index (χ4n) is 2.83. The summed E-state index contributed by atoms with van der Waals surface area (Å²) < 4.78 is 16.4. The minimum atomic E-state index is -0.806. The van der Waals surface area contributed by atoms with Crippen LogP contribution in [0, 0.1) is 0 Å². The zero-order valence-electron chi connectivity index (χ0n) is 12.6. The van der Waals surface area contributed by atoms with Gasteiger partial charge in [-0.1, -0.05) is 30.3 Å².